The Kier molecular flexibility index (Phi) is 6.53. The maximum absolute atomic E-state index is 12.6. The number of aromatic nitrogens is 1. The largest absolute Gasteiger partial charge is 0.356 e. The van der Waals surface area contributed by atoms with Gasteiger partial charge in [0.2, 0.25) is 5.91 Å². The van der Waals surface area contributed by atoms with Gasteiger partial charge < -0.3 is 20.9 Å². The molecule has 1 saturated heterocycles. The van der Waals surface area contributed by atoms with Crippen LogP contribution in [-0.4, -0.2) is 48.0 Å². The first-order chi connectivity index (χ1) is 13.1. The fraction of sp³-hybridized carbons (Fsp3) is 0.650. The van der Waals surface area contributed by atoms with Crippen LogP contribution in [0.25, 0.3) is 0 Å². The number of likely N-dealkylation sites (tertiary alicyclic amines) is 1. The Hall–Kier alpha value is -2.31. The van der Waals surface area contributed by atoms with Gasteiger partial charge in [0, 0.05) is 44.5 Å². The summed E-state index contributed by atoms with van der Waals surface area (Å²) in [4.78, 5) is 32.4. The molecular weight excluding hydrogens is 342 g/mol. The molecule has 0 spiro atoms. The minimum Gasteiger partial charge on any atom is -0.356 e. The summed E-state index contributed by atoms with van der Waals surface area (Å²) >= 11 is 0. The van der Waals surface area contributed by atoms with Crippen molar-refractivity contribution in [3.8, 4) is 0 Å². The molecule has 0 bridgehead atoms. The van der Waals surface area contributed by atoms with E-state index in [0.29, 0.717) is 25.7 Å². The van der Waals surface area contributed by atoms with Crippen molar-refractivity contribution in [1.29, 1.82) is 0 Å². The van der Waals surface area contributed by atoms with E-state index in [0.717, 1.165) is 24.2 Å². The summed E-state index contributed by atoms with van der Waals surface area (Å²) in [5, 5.41) is 3.04. The van der Waals surface area contributed by atoms with Crippen LogP contribution in [0.2, 0.25) is 0 Å². The Morgan fingerprint density at radius 1 is 1.26 bits per heavy atom. The van der Waals surface area contributed by atoms with Gasteiger partial charge in [-0.2, -0.15) is 0 Å². The molecule has 27 heavy (non-hydrogen) atoms. The van der Waals surface area contributed by atoms with Crippen LogP contribution in [0.5, 0.6) is 0 Å². The van der Waals surface area contributed by atoms with Gasteiger partial charge in [0.1, 0.15) is 5.82 Å². The third-order valence-electron chi connectivity index (χ3n) is 5.88. The zero-order chi connectivity index (χ0) is 19.2. The van der Waals surface area contributed by atoms with Crippen molar-refractivity contribution in [2.24, 2.45) is 11.7 Å². The van der Waals surface area contributed by atoms with E-state index in [1.54, 1.807) is 4.90 Å². The van der Waals surface area contributed by atoms with Crippen LogP contribution in [-0.2, 0) is 11.3 Å². The van der Waals surface area contributed by atoms with E-state index in [-0.39, 0.29) is 11.8 Å². The Morgan fingerprint density at radius 2 is 2.04 bits per heavy atom. The number of hydrogen-bond donors (Lipinski definition) is 2. The zero-order valence-electron chi connectivity index (χ0n) is 16.2. The average Bonchev–Trinajstić information content (AvgIpc) is 2.72. The van der Waals surface area contributed by atoms with Crippen molar-refractivity contribution in [3.63, 3.8) is 0 Å². The molecule has 3 amide bonds. The number of nitrogens with zero attached hydrogens (tertiary/aromatic N) is 3. The highest BCUT2D eigenvalue weighted by atomic mass is 16.2. The van der Waals surface area contributed by atoms with Crippen LogP contribution >= 0.6 is 0 Å². The van der Waals surface area contributed by atoms with Crippen molar-refractivity contribution in [1.82, 2.24) is 15.2 Å². The first-order valence-electron chi connectivity index (χ1n) is 10.0. The van der Waals surface area contributed by atoms with Gasteiger partial charge in [0.15, 0.2) is 0 Å². The Bertz CT molecular complexity index is 660. The number of hydrogen-bond acceptors (Lipinski definition) is 4. The predicted octanol–water partition coefficient (Wildman–Crippen LogP) is 2.26. The predicted molar refractivity (Wildman–Crippen MR) is 105 cm³/mol. The van der Waals surface area contributed by atoms with E-state index in [1.807, 2.05) is 18.3 Å². The van der Waals surface area contributed by atoms with Crippen LogP contribution in [0.15, 0.2) is 18.3 Å². The van der Waals surface area contributed by atoms with Crippen molar-refractivity contribution >= 4 is 17.8 Å². The van der Waals surface area contributed by atoms with Gasteiger partial charge in [-0.05, 0) is 31.7 Å². The maximum atomic E-state index is 12.6. The number of nitrogens with two attached hydrogens (primary N) is 1. The first-order valence-corrected chi connectivity index (χ1v) is 10.0. The number of carbonyl (C=O) groups excluding carboxylic acids is 2. The van der Waals surface area contributed by atoms with Crippen molar-refractivity contribution < 1.29 is 9.59 Å². The summed E-state index contributed by atoms with van der Waals surface area (Å²) in [5.74, 6) is 0.741. The minimum atomic E-state index is -0.448. The Balaban J connectivity index is 1.60. The molecule has 2 aliphatic rings. The normalized spacial score (nSPS) is 20.9. The lowest BCUT2D eigenvalue weighted by atomic mass is 9.94. The third kappa shape index (κ3) is 4.90. The molecule has 3 rings (SSSR count). The van der Waals surface area contributed by atoms with Gasteiger partial charge in [-0.1, -0.05) is 25.3 Å². The summed E-state index contributed by atoms with van der Waals surface area (Å²) in [6.45, 7) is 1.49. The molecule has 2 fully saturated rings. The van der Waals surface area contributed by atoms with Gasteiger partial charge in [-0.3, -0.25) is 4.79 Å². The summed E-state index contributed by atoms with van der Waals surface area (Å²) in [6, 6.07) is 4.01. The fourth-order valence-electron chi connectivity index (χ4n) is 4.25. The highest BCUT2D eigenvalue weighted by Gasteiger charge is 2.27. The lowest BCUT2D eigenvalue weighted by molar-refractivity contribution is -0.126. The molecule has 1 aliphatic heterocycles. The molecule has 7 nitrogen and oxygen atoms in total. The van der Waals surface area contributed by atoms with Crippen molar-refractivity contribution in [2.45, 2.75) is 57.5 Å². The van der Waals surface area contributed by atoms with E-state index in [9.17, 15) is 9.59 Å². The number of nitrogens with one attached hydrogen (secondary N) is 1. The van der Waals surface area contributed by atoms with Crippen LogP contribution in [0.3, 0.4) is 0 Å². The maximum Gasteiger partial charge on any atom is 0.314 e. The molecule has 0 radical (unpaired) electrons. The minimum absolute atomic E-state index is 0.0175. The van der Waals surface area contributed by atoms with Crippen molar-refractivity contribution in [2.75, 3.05) is 25.0 Å². The molecule has 1 aromatic rings. The summed E-state index contributed by atoms with van der Waals surface area (Å²) in [5.41, 5.74) is 6.39. The molecule has 1 aromatic heterocycles. The highest BCUT2D eigenvalue weighted by molar-refractivity contribution is 5.80. The lowest BCUT2D eigenvalue weighted by Gasteiger charge is -2.33. The molecule has 3 N–H and O–H groups in total. The van der Waals surface area contributed by atoms with E-state index >= 15 is 0 Å². The van der Waals surface area contributed by atoms with Crippen molar-refractivity contribution in [3.05, 3.63) is 23.9 Å². The number of carbonyl (C=O) groups is 2. The summed E-state index contributed by atoms with van der Waals surface area (Å²) in [6.07, 6.45) is 9.66. The number of primary amides is 1. The van der Waals surface area contributed by atoms with E-state index in [4.69, 9.17) is 5.73 Å². The summed E-state index contributed by atoms with van der Waals surface area (Å²) in [7, 11) is 2.11. The molecular formula is C20H31N5O2. The van der Waals surface area contributed by atoms with Crippen LogP contribution in [0.4, 0.5) is 10.6 Å². The van der Waals surface area contributed by atoms with Gasteiger partial charge in [-0.15, -0.1) is 0 Å². The zero-order valence-corrected chi connectivity index (χ0v) is 16.2. The smallest absolute Gasteiger partial charge is 0.314 e. The Labute approximate surface area is 161 Å². The van der Waals surface area contributed by atoms with Gasteiger partial charge >= 0.3 is 6.03 Å². The topological polar surface area (TPSA) is 91.6 Å². The first kappa shape index (κ1) is 19.5. The number of anilines is 1. The average molecular weight is 374 g/mol. The second kappa shape index (κ2) is 9.06. The molecule has 1 saturated carbocycles. The molecule has 148 valence electrons. The quantitative estimate of drug-likeness (QED) is 0.828. The lowest BCUT2D eigenvalue weighted by Crippen LogP contribution is -2.47. The van der Waals surface area contributed by atoms with Crippen LogP contribution < -0.4 is 16.0 Å². The number of urea groups is 1. The fourth-order valence-corrected chi connectivity index (χ4v) is 4.25. The second-order valence-corrected chi connectivity index (χ2v) is 7.73. The Morgan fingerprint density at radius 3 is 2.78 bits per heavy atom. The van der Waals surface area contributed by atoms with Crippen LogP contribution in [0, 0.1) is 5.92 Å². The SMILES string of the molecule is CN(c1ncccc1CNC(=O)[C@@H]1CCCN(C(N)=O)C1)C1CCCCC1. The number of amides is 3. The second-order valence-electron chi connectivity index (χ2n) is 7.73. The third-order valence-corrected chi connectivity index (χ3v) is 5.88. The molecule has 7 heteroatoms. The highest BCUT2D eigenvalue weighted by Crippen LogP contribution is 2.27. The monoisotopic (exact) mass is 373 g/mol. The number of pyridine rings is 1. The molecule has 2 heterocycles. The number of piperidine rings is 1. The van der Waals surface area contributed by atoms with E-state index in [1.165, 1.54) is 32.1 Å². The molecule has 0 aromatic carbocycles. The van der Waals surface area contributed by atoms with E-state index in [2.05, 4.69) is 22.2 Å². The van der Waals surface area contributed by atoms with Crippen LogP contribution in [0.1, 0.15) is 50.5 Å². The molecule has 1 atom stereocenters. The molecule has 1 aliphatic carbocycles. The van der Waals surface area contributed by atoms with Gasteiger partial charge in [0.25, 0.3) is 0 Å². The summed E-state index contributed by atoms with van der Waals surface area (Å²) < 4.78 is 0. The standard InChI is InChI=1S/C20H31N5O2/c1-24(17-9-3-2-4-10-17)18-15(7-5-11-22-18)13-23-19(26)16-8-6-12-25(14-16)20(21)27/h5,7,11,16-17H,2-4,6,8-10,12-14H2,1H3,(H2,21,27)(H,23,26)/t16-/m1/s1. The van der Waals surface area contributed by atoms with E-state index < -0.39 is 6.03 Å². The molecule has 0 unspecified atom stereocenters. The van der Waals surface area contributed by atoms with Gasteiger partial charge in [0.05, 0.1) is 5.92 Å². The van der Waals surface area contributed by atoms with Gasteiger partial charge in [-0.25, -0.2) is 9.78 Å². The number of rotatable bonds is 5.